The normalized spacial score (nSPS) is 27.1. The van der Waals surface area contributed by atoms with Crippen LogP contribution in [0.15, 0.2) is 22.8 Å². The zero-order chi connectivity index (χ0) is 9.80. The molecule has 0 aromatic heterocycles. The summed E-state index contributed by atoms with van der Waals surface area (Å²) in [5.41, 5.74) is 5.25. The monoisotopic (exact) mass is 190 g/mol. The molecule has 2 fully saturated rings. The van der Waals surface area contributed by atoms with Gasteiger partial charge in [-0.15, -0.1) is 0 Å². The fraction of sp³-hybridized carbons (Fsp3) is 0.714. The van der Waals surface area contributed by atoms with E-state index >= 15 is 0 Å². The van der Waals surface area contributed by atoms with Crippen molar-refractivity contribution in [3.63, 3.8) is 0 Å². The molecule has 0 N–H and O–H groups in total. The van der Waals surface area contributed by atoms with Crippen molar-refractivity contribution in [2.24, 2.45) is 0 Å². The SMILES string of the molecule is C/C=C1/CCCCC1=C1CCCCC1. The Hall–Kier alpha value is -0.520. The second-order valence-corrected chi connectivity index (χ2v) is 4.66. The van der Waals surface area contributed by atoms with Crippen LogP contribution < -0.4 is 0 Å². The van der Waals surface area contributed by atoms with E-state index < -0.39 is 0 Å². The molecule has 0 saturated heterocycles. The van der Waals surface area contributed by atoms with E-state index in [1.807, 2.05) is 5.57 Å². The lowest BCUT2D eigenvalue weighted by Gasteiger charge is -2.25. The van der Waals surface area contributed by atoms with E-state index in [0.717, 1.165) is 0 Å². The lowest BCUT2D eigenvalue weighted by atomic mass is 9.81. The van der Waals surface area contributed by atoms with Gasteiger partial charge in [-0.2, -0.15) is 0 Å². The van der Waals surface area contributed by atoms with E-state index in [-0.39, 0.29) is 0 Å². The number of hydrogen-bond acceptors (Lipinski definition) is 0. The van der Waals surface area contributed by atoms with E-state index in [0.29, 0.717) is 0 Å². The molecule has 0 unspecified atom stereocenters. The van der Waals surface area contributed by atoms with Crippen LogP contribution in [0, 0.1) is 0 Å². The Morgan fingerprint density at radius 2 is 1.43 bits per heavy atom. The largest absolute Gasteiger partial charge is 0.0842 e. The summed E-state index contributed by atoms with van der Waals surface area (Å²) in [6, 6.07) is 0. The van der Waals surface area contributed by atoms with Crippen LogP contribution in [-0.2, 0) is 0 Å². The molecular formula is C14H22. The van der Waals surface area contributed by atoms with Crippen LogP contribution in [0.3, 0.4) is 0 Å². The molecule has 2 saturated carbocycles. The highest BCUT2D eigenvalue weighted by atomic mass is 14.2. The topological polar surface area (TPSA) is 0 Å². The maximum Gasteiger partial charge on any atom is -0.0277 e. The van der Waals surface area contributed by atoms with Gasteiger partial charge in [-0.25, -0.2) is 0 Å². The Kier molecular flexibility index (Phi) is 3.44. The quantitative estimate of drug-likeness (QED) is 0.516. The predicted molar refractivity (Wildman–Crippen MR) is 62.3 cm³/mol. The summed E-state index contributed by atoms with van der Waals surface area (Å²) in [6.07, 6.45) is 15.0. The maximum atomic E-state index is 2.36. The molecule has 78 valence electrons. The third-order valence-electron chi connectivity index (χ3n) is 3.74. The molecule has 0 aliphatic heterocycles. The van der Waals surface area contributed by atoms with E-state index in [4.69, 9.17) is 0 Å². The van der Waals surface area contributed by atoms with Crippen LogP contribution >= 0.6 is 0 Å². The van der Waals surface area contributed by atoms with Gasteiger partial charge in [-0.3, -0.25) is 0 Å². The fourth-order valence-electron chi connectivity index (χ4n) is 2.93. The molecule has 0 atom stereocenters. The molecule has 2 aliphatic carbocycles. The molecule has 2 aliphatic rings. The second kappa shape index (κ2) is 4.82. The maximum absolute atomic E-state index is 2.36. The number of hydrogen-bond donors (Lipinski definition) is 0. The first kappa shape index (κ1) is 10.0. The van der Waals surface area contributed by atoms with E-state index in [9.17, 15) is 0 Å². The van der Waals surface area contributed by atoms with Gasteiger partial charge < -0.3 is 0 Å². The Morgan fingerprint density at radius 3 is 2.14 bits per heavy atom. The summed E-state index contributed by atoms with van der Waals surface area (Å²) in [5.74, 6) is 0. The summed E-state index contributed by atoms with van der Waals surface area (Å²) in [6.45, 7) is 2.21. The number of rotatable bonds is 0. The molecule has 0 aromatic rings. The molecule has 0 radical (unpaired) electrons. The van der Waals surface area contributed by atoms with Crippen molar-refractivity contribution in [2.75, 3.05) is 0 Å². The highest BCUT2D eigenvalue weighted by molar-refractivity contribution is 5.37. The van der Waals surface area contributed by atoms with Crippen LogP contribution in [0.2, 0.25) is 0 Å². The summed E-state index contributed by atoms with van der Waals surface area (Å²) in [7, 11) is 0. The van der Waals surface area contributed by atoms with Crippen molar-refractivity contribution in [1.29, 1.82) is 0 Å². The highest BCUT2D eigenvalue weighted by Gasteiger charge is 2.16. The van der Waals surface area contributed by atoms with E-state index in [1.54, 1.807) is 11.1 Å². The summed E-state index contributed by atoms with van der Waals surface area (Å²) < 4.78 is 0. The van der Waals surface area contributed by atoms with Gasteiger partial charge in [0.15, 0.2) is 0 Å². The summed E-state index contributed by atoms with van der Waals surface area (Å²) in [4.78, 5) is 0. The predicted octanol–water partition coefficient (Wildman–Crippen LogP) is 4.77. The molecule has 0 spiro atoms. The minimum atomic E-state index is 1.34. The van der Waals surface area contributed by atoms with E-state index in [2.05, 4.69) is 13.0 Å². The lowest BCUT2D eigenvalue weighted by molar-refractivity contribution is 0.578. The first-order valence-corrected chi connectivity index (χ1v) is 6.28. The minimum Gasteiger partial charge on any atom is -0.0842 e. The molecule has 2 rings (SSSR count). The molecule has 0 amide bonds. The van der Waals surface area contributed by atoms with Gasteiger partial charge in [0, 0.05) is 0 Å². The Balaban J connectivity index is 2.19. The van der Waals surface area contributed by atoms with Gasteiger partial charge in [-0.05, 0) is 69.4 Å². The standard InChI is InChI=1S/C14H22/c1-2-12-8-6-7-11-14(12)13-9-4-3-5-10-13/h2H,3-11H2,1H3/b12-2-. The van der Waals surface area contributed by atoms with Gasteiger partial charge in [-0.1, -0.05) is 18.1 Å². The molecule has 0 aromatic carbocycles. The van der Waals surface area contributed by atoms with Gasteiger partial charge in [0.05, 0.1) is 0 Å². The Labute approximate surface area is 88.1 Å². The first-order chi connectivity index (χ1) is 6.92. The number of allylic oxidation sites excluding steroid dienone is 4. The summed E-state index contributed by atoms with van der Waals surface area (Å²) >= 11 is 0. The zero-order valence-electron chi connectivity index (χ0n) is 9.44. The Bertz CT molecular complexity index is 247. The smallest absolute Gasteiger partial charge is 0.0277 e. The molecule has 0 heterocycles. The molecule has 0 heteroatoms. The van der Waals surface area contributed by atoms with Gasteiger partial charge >= 0.3 is 0 Å². The van der Waals surface area contributed by atoms with Crippen molar-refractivity contribution in [3.05, 3.63) is 22.8 Å². The van der Waals surface area contributed by atoms with Crippen LogP contribution in [0.25, 0.3) is 0 Å². The van der Waals surface area contributed by atoms with Crippen molar-refractivity contribution in [3.8, 4) is 0 Å². The van der Waals surface area contributed by atoms with Crippen LogP contribution in [0.1, 0.15) is 64.7 Å². The van der Waals surface area contributed by atoms with Gasteiger partial charge in [0.1, 0.15) is 0 Å². The molecule has 0 nitrogen and oxygen atoms in total. The summed E-state index contributed by atoms with van der Waals surface area (Å²) in [5, 5.41) is 0. The second-order valence-electron chi connectivity index (χ2n) is 4.66. The molecule has 0 bridgehead atoms. The third-order valence-corrected chi connectivity index (χ3v) is 3.74. The average Bonchev–Trinajstić information content (AvgIpc) is 2.30. The van der Waals surface area contributed by atoms with E-state index in [1.165, 1.54) is 57.8 Å². The van der Waals surface area contributed by atoms with Crippen LogP contribution in [-0.4, -0.2) is 0 Å². The average molecular weight is 190 g/mol. The van der Waals surface area contributed by atoms with Crippen LogP contribution in [0.5, 0.6) is 0 Å². The van der Waals surface area contributed by atoms with Crippen molar-refractivity contribution in [1.82, 2.24) is 0 Å². The van der Waals surface area contributed by atoms with Gasteiger partial charge in [0.25, 0.3) is 0 Å². The fourth-order valence-corrected chi connectivity index (χ4v) is 2.93. The van der Waals surface area contributed by atoms with Crippen molar-refractivity contribution < 1.29 is 0 Å². The third kappa shape index (κ3) is 2.10. The van der Waals surface area contributed by atoms with Gasteiger partial charge in [0.2, 0.25) is 0 Å². The molecule has 14 heavy (non-hydrogen) atoms. The van der Waals surface area contributed by atoms with Crippen LogP contribution in [0.4, 0.5) is 0 Å². The zero-order valence-corrected chi connectivity index (χ0v) is 9.44. The minimum absolute atomic E-state index is 1.34. The van der Waals surface area contributed by atoms with Crippen molar-refractivity contribution in [2.45, 2.75) is 64.7 Å². The first-order valence-electron chi connectivity index (χ1n) is 6.28. The van der Waals surface area contributed by atoms with Crippen molar-refractivity contribution >= 4 is 0 Å². The molecular weight excluding hydrogens is 168 g/mol. The highest BCUT2D eigenvalue weighted by Crippen LogP contribution is 2.36. The lowest BCUT2D eigenvalue weighted by Crippen LogP contribution is -2.05. The Morgan fingerprint density at radius 1 is 0.786 bits per heavy atom.